The van der Waals surface area contributed by atoms with Gasteiger partial charge in [-0.05, 0) is 49.6 Å². The molecule has 35 heavy (non-hydrogen) atoms. The lowest BCUT2D eigenvalue weighted by Gasteiger charge is -2.16. The molecule has 0 spiro atoms. The molecule has 0 radical (unpaired) electrons. The summed E-state index contributed by atoms with van der Waals surface area (Å²) < 4.78 is 40.9. The van der Waals surface area contributed by atoms with Gasteiger partial charge < -0.3 is 9.26 Å². The van der Waals surface area contributed by atoms with E-state index < -0.39 is 10.0 Å². The molecule has 0 aliphatic rings. The van der Waals surface area contributed by atoms with Crippen molar-refractivity contribution in [2.75, 3.05) is 13.7 Å². The smallest absolute Gasteiger partial charge is 0.271 e. The van der Waals surface area contributed by atoms with Gasteiger partial charge in [-0.2, -0.15) is 9.78 Å². The zero-order valence-electron chi connectivity index (χ0n) is 19.8. The van der Waals surface area contributed by atoms with Crippen molar-refractivity contribution in [3.8, 4) is 22.7 Å². The van der Waals surface area contributed by atoms with E-state index in [1.165, 1.54) is 23.9 Å². The van der Waals surface area contributed by atoms with Gasteiger partial charge in [-0.3, -0.25) is 4.79 Å². The summed E-state index contributed by atoms with van der Waals surface area (Å²) in [5, 5.41) is 8.33. The number of benzene rings is 2. The monoisotopic (exact) mass is 494 g/mol. The minimum absolute atomic E-state index is 0.0188. The van der Waals surface area contributed by atoms with Gasteiger partial charge in [0.1, 0.15) is 22.0 Å². The van der Waals surface area contributed by atoms with Crippen molar-refractivity contribution in [1.82, 2.24) is 19.7 Å². The summed E-state index contributed by atoms with van der Waals surface area (Å²) in [5.41, 5.74) is 2.55. The SMILES string of the molecule is COc1ccc(-c2ccc(=O)n(-c3c(C)noc3C)n2)cc1S(=O)(=O)NC[C@@H](C)c1ccccc1. The van der Waals surface area contributed by atoms with Crippen LogP contribution in [-0.2, 0) is 10.0 Å². The van der Waals surface area contributed by atoms with Crippen LogP contribution in [0.5, 0.6) is 5.75 Å². The lowest BCUT2D eigenvalue weighted by molar-refractivity contribution is 0.392. The second-order valence-corrected chi connectivity index (χ2v) is 9.91. The molecule has 0 saturated heterocycles. The van der Waals surface area contributed by atoms with Gasteiger partial charge >= 0.3 is 0 Å². The summed E-state index contributed by atoms with van der Waals surface area (Å²) >= 11 is 0. The number of hydrogen-bond acceptors (Lipinski definition) is 7. The molecule has 0 fully saturated rings. The highest BCUT2D eigenvalue weighted by molar-refractivity contribution is 7.89. The van der Waals surface area contributed by atoms with Crippen LogP contribution in [-0.4, -0.2) is 37.0 Å². The van der Waals surface area contributed by atoms with E-state index in [9.17, 15) is 13.2 Å². The topological polar surface area (TPSA) is 116 Å². The van der Waals surface area contributed by atoms with E-state index in [1.807, 2.05) is 37.3 Å². The van der Waals surface area contributed by atoms with Gasteiger partial charge in [-0.15, -0.1) is 0 Å². The molecule has 0 saturated carbocycles. The van der Waals surface area contributed by atoms with Gasteiger partial charge in [0.05, 0.1) is 12.8 Å². The van der Waals surface area contributed by atoms with Crippen LogP contribution in [0.15, 0.2) is 74.9 Å². The Hall–Kier alpha value is -3.76. The maximum absolute atomic E-state index is 13.2. The molecule has 2 aromatic carbocycles. The van der Waals surface area contributed by atoms with Crippen molar-refractivity contribution in [2.45, 2.75) is 31.6 Å². The number of nitrogens with zero attached hydrogens (tertiary/aromatic N) is 3. The van der Waals surface area contributed by atoms with Gasteiger partial charge in [0.15, 0.2) is 5.76 Å². The van der Waals surface area contributed by atoms with Crippen LogP contribution in [0.1, 0.15) is 29.9 Å². The molecule has 0 aliphatic carbocycles. The van der Waals surface area contributed by atoms with E-state index in [-0.39, 0.29) is 28.7 Å². The standard InChI is InChI=1S/C25H26N4O5S/c1-16(19-8-6-5-7-9-19)15-26-35(31,32)23-14-20(10-12-22(23)33-4)21-11-13-24(30)29(27-21)25-17(2)28-34-18(25)3/h5-14,16,26H,15H2,1-4H3/t16-/m1/s1. The molecule has 182 valence electrons. The Morgan fingerprint density at radius 2 is 1.83 bits per heavy atom. The van der Waals surface area contributed by atoms with Crippen molar-refractivity contribution >= 4 is 10.0 Å². The summed E-state index contributed by atoms with van der Waals surface area (Å²) in [4.78, 5) is 12.5. The number of hydrogen-bond donors (Lipinski definition) is 1. The molecule has 0 unspecified atom stereocenters. The predicted octanol–water partition coefficient (Wildman–Crippen LogP) is 3.59. The van der Waals surface area contributed by atoms with Crippen LogP contribution in [0, 0.1) is 13.8 Å². The number of rotatable bonds is 8. The van der Waals surface area contributed by atoms with E-state index >= 15 is 0 Å². The molecule has 2 heterocycles. The average Bonchev–Trinajstić information content (AvgIpc) is 3.20. The summed E-state index contributed by atoms with van der Waals surface area (Å²) in [6.07, 6.45) is 0. The first-order chi connectivity index (χ1) is 16.7. The number of methoxy groups -OCH3 is 1. The van der Waals surface area contributed by atoms with Gasteiger partial charge in [0.2, 0.25) is 10.0 Å². The maximum Gasteiger partial charge on any atom is 0.271 e. The summed E-state index contributed by atoms with van der Waals surface area (Å²) in [7, 11) is -2.49. The Kier molecular flexibility index (Phi) is 6.86. The van der Waals surface area contributed by atoms with Crippen molar-refractivity contribution in [1.29, 1.82) is 0 Å². The van der Waals surface area contributed by atoms with Gasteiger partial charge in [0.25, 0.3) is 5.56 Å². The highest BCUT2D eigenvalue weighted by Crippen LogP contribution is 2.29. The van der Waals surface area contributed by atoms with Crippen molar-refractivity contribution in [2.24, 2.45) is 0 Å². The fourth-order valence-electron chi connectivity index (χ4n) is 3.76. The zero-order valence-corrected chi connectivity index (χ0v) is 20.7. The molecule has 2 aromatic heterocycles. The van der Waals surface area contributed by atoms with Crippen LogP contribution in [0.3, 0.4) is 0 Å². The Balaban J connectivity index is 1.69. The zero-order chi connectivity index (χ0) is 25.2. The third-order valence-corrected chi connectivity index (χ3v) is 7.15. The molecule has 10 heteroatoms. The largest absolute Gasteiger partial charge is 0.495 e. The molecule has 9 nitrogen and oxygen atoms in total. The van der Waals surface area contributed by atoms with E-state index in [1.54, 1.807) is 32.0 Å². The van der Waals surface area contributed by atoms with Gasteiger partial charge in [-0.25, -0.2) is 13.1 Å². The van der Waals surface area contributed by atoms with Crippen LogP contribution in [0.2, 0.25) is 0 Å². The first-order valence-corrected chi connectivity index (χ1v) is 12.5. The number of aromatic nitrogens is 3. The maximum atomic E-state index is 13.2. The summed E-state index contributed by atoms with van der Waals surface area (Å²) in [6.45, 7) is 5.57. The van der Waals surface area contributed by atoms with Crippen LogP contribution >= 0.6 is 0 Å². The fourth-order valence-corrected chi connectivity index (χ4v) is 5.09. The molecule has 0 bridgehead atoms. The minimum Gasteiger partial charge on any atom is -0.495 e. The van der Waals surface area contributed by atoms with Crippen LogP contribution < -0.4 is 15.0 Å². The Morgan fingerprint density at radius 1 is 1.09 bits per heavy atom. The Labute approximate surface area is 203 Å². The molecular formula is C25H26N4O5S. The third-order valence-electron chi connectivity index (χ3n) is 5.70. The number of ether oxygens (including phenoxy) is 1. The summed E-state index contributed by atoms with van der Waals surface area (Å²) in [5.74, 6) is 0.622. The lowest BCUT2D eigenvalue weighted by atomic mass is 10.0. The van der Waals surface area contributed by atoms with Crippen LogP contribution in [0.4, 0.5) is 0 Å². The van der Waals surface area contributed by atoms with E-state index in [2.05, 4.69) is 15.0 Å². The highest BCUT2D eigenvalue weighted by atomic mass is 32.2. The first kappa shape index (κ1) is 24.4. The van der Waals surface area contributed by atoms with Crippen molar-refractivity contribution in [3.63, 3.8) is 0 Å². The number of aryl methyl sites for hydroxylation is 2. The summed E-state index contributed by atoms with van der Waals surface area (Å²) in [6, 6.07) is 17.3. The van der Waals surface area contributed by atoms with E-state index in [0.717, 1.165) is 5.56 Å². The molecule has 0 amide bonds. The van der Waals surface area contributed by atoms with Crippen molar-refractivity contribution in [3.05, 3.63) is 88.0 Å². The number of nitrogens with one attached hydrogen (secondary N) is 1. The lowest BCUT2D eigenvalue weighted by Crippen LogP contribution is -2.28. The predicted molar refractivity (Wildman–Crippen MR) is 131 cm³/mol. The van der Waals surface area contributed by atoms with E-state index in [4.69, 9.17) is 9.26 Å². The molecule has 1 N–H and O–H groups in total. The minimum atomic E-state index is -3.91. The third kappa shape index (κ3) is 5.03. The van der Waals surface area contributed by atoms with Gasteiger partial charge in [-0.1, -0.05) is 42.4 Å². The van der Waals surface area contributed by atoms with E-state index in [0.29, 0.717) is 28.4 Å². The van der Waals surface area contributed by atoms with Crippen LogP contribution in [0.25, 0.3) is 16.9 Å². The second-order valence-electron chi connectivity index (χ2n) is 8.17. The molecule has 1 atom stereocenters. The second kappa shape index (κ2) is 9.85. The first-order valence-electron chi connectivity index (χ1n) is 11.0. The number of sulfonamides is 1. The molecule has 4 aromatic rings. The highest BCUT2D eigenvalue weighted by Gasteiger charge is 2.22. The normalized spacial score (nSPS) is 12.5. The molecule has 0 aliphatic heterocycles. The Bertz CT molecular complexity index is 1490. The van der Waals surface area contributed by atoms with Gasteiger partial charge in [0, 0.05) is 18.2 Å². The molecule has 4 rings (SSSR count). The molecular weight excluding hydrogens is 468 g/mol. The quantitative estimate of drug-likeness (QED) is 0.398. The Morgan fingerprint density at radius 3 is 2.49 bits per heavy atom. The van der Waals surface area contributed by atoms with Crippen molar-refractivity contribution < 1.29 is 17.7 Å². The average molecular weight is 495 g/mol. The fraction of sp³-hybridized carbons (Fsp3) is 0.240.